The van der Waals surface area contributed by atoms with Crippen LogP contribution in [0.4, 0.5) is 22.7 Å². The number of nitrogens with zero attached hydrogens (tertiary/aromatic N) is 5. The molecule has 0 aliphatic carbocycles. The first-order chi connectivity index (χ1) is 58.8. The summed E-state index contributed by atoms with van der Waals surface area (Å²) < 4.78 is 287. The molecule has 127 heavy (non-hydrogen) atoms. The van der Waals surface area contributed by atoms with E-state index < -0.39 is 151 Å². The molecule has 1 unspecified atom stereocenters. The van der Waals surface area contributed by atoms with Crippen LogP contribution in [-0.2, 0) is 132 Å². The van der Waals surface area contributed by atoms with Crippen LogP contribution in [0.5, 0.6) is 0 Å². The highest BCUT2D eigenvalue weighted by Gasteiger charge is 2.50. The maximum Gasteiger partial charge on any atom is 0.303 e. The Labute approximate surface area is 738 Å². The van der Waals surface area contributed by atoms with Gasteiger partial charge in [0.2, 0.25) is 17.3 Å². The van der Waals surface area contributed by atoms with Gasteiger partial charge in [-0.1, -0.05) is 50.3 Å². The summed E-state index contributed by atoms with van der Waals surface area (Å²) in [5.41, 5.74) is 3.41. The first-order valence-corrected chi connectivity index (χ1v) is 52.6. The number of carboxylic acid groups (broad SMARTS) is 1. The molecule has 0 saturated carbocycles. The number of benzene rings is 7. The van der Waals surface area contributed by atoms with Crippen LogP contribution in [0.3, 0.4) is 0 Å². The summed E-state index contributed by atoms with van der Waals surface area (Å²) in [7, 11) is -38.3. The topological polar surface area (TPSA) is 534 Å². The SMILES string of the molecule is CC1(C)C(=CC=CC2=[N+](CCCCCC(=O)O)c3ccc(S(=O)(=O)O)cc3C2(C)C)N(CCCS(=O)(=O)O)c2ccc(CNC(=O)c3cc4c(c(S(=O)(=O)O)c3)CN(C(=O)CCCCC[N+]3=C(C=CC=C5N(CCCS(=O)(=O)O)c6ccc7ccc(S(=O)(=O)O)cc7c6C5(C)CCCS(=O)(=O)O)C(C)(C)c5c3ccc3c(S(=O)(=O)O)cc(S(=O)(=O)O)cc53)CC4)cc21. The summed E-state index contributed by atoms with van der Waals surface area (Å²) in [6.07, 6.45) is 12.6. The molecule has 0 bridgehead atoms. The minimum Gasteiger partial charge on any atom is -0.481 e. The lowest BCUT2D eigenvalue weighted by molar-refractivity contribution is -0.438. The fraction of sp³-hybridized carbons (Fsp3) is 0.400. The van der Waals surface area contributed by atoms with Crippen molar-refractivity contribution in [2.24, 2.45) is 0 Å². The molecule has 5 heterocycles. The average Bonchev–Trinajstić information content (AvgIpc) is 1.57. The van der Waals surface area contributed by atoms with Gasteiger partial charge in [0.05, 0.1) is 47.7 Å². The highest BCUT2D eigenvalue weighted by molar-refractivity contribution is 7.87. The second-order valence-electron chi connectivity index (χ2n) is 34.2. The Morgan fingerprint density at radius 2 is 0.992 bits per heavy atom. The lowest BCUT2D eigenvalue weighted by atomic mass is 9.75. The molecule has 1 atom stereocenters. The maximum absolute atomic E-state index is 14.3. The quantitative estimate of drug-likeness (QED) is 0.00990. The summed E-state index contributed by atoms with van der Waals surface area (Å²) in [5, 5.41) is 12.8. The van der Waals surface area contributed by atoms with E-state index in [2.05, 4.69) is 5.32 Å². The first kappa shape index (κ1) is 96.7. The summed E-state index contributed by atoms with van der Waals surface area (Å²) in [6, 6.07) is 24.1. The Balaban J connectivity index is 0.785. The molecule has 2 amide bonds. The zero-order valence-corrected chi connectivity index (χ0v) is 76.9. The Morgan fingerprint density at radius 3 is 1.58 bits per heavy atom. The number of rotatable bonds is 36. The predicted molar refractivity (Wildman–Crippen MR) is 474 cm³/mol. The van der Waals surface area contributed by atoms with Crippen molar-refractivity contribution in [3.05, 3.63) is 195 Å². The normalized spacial score (nSPS) is 18.3. The van der Waals surface area contributed by atoms with Crippen molar-refractivity contribution in [2.75, 3.05) is 59.8 Å². The van der Waals surface area contributed by atoms with Gasteiger partial charge in [-0.3, -0.25) is 50.8 Å². The number of carbonyl (C=O) groups is 3. The highest BCUT2D eigenvalue weighted by Crippen LogP contribution is 2.55. The maximum atomic E-state index is 14.3. The standard InChI is InChI=1S/C85H98N6O28S8/c1-82(2)65-45-54(25-31-67(65)89(39-17-43-121(99,100)101)73(82)19-14-20-74-83(3,4)66-50-59(124(108,109)110)29-33-68(66)88(74)37-13-9-11-24-78(93)94)52-86-81(95)57-46-56-35-41-87(53-64(56)71(47-57)126(114,115)116)77(92)23-10-8-12-38-90-69-34-30-61-63(49-60(125(111,112)113)51-72(61)127(117,118)119)79(69)84(5,6)75(90)21-15-22-76-85(7,36-16-42-120(96,97)98)80-62-48-58(123(105,106)107)28-26-55(62)27-32-70(80)91(76)40-18-44-122(102,103)104/h14-15,19-22,25-34,45-51H,8-13,16-18,23-24,35-44,52-53H2,1-7H3,(H8-2,86,93,94,95,96,97,98,99,100,101,102,103,104,105,106,107,108,109,110,111,112,113,114,115,116,117,118,119)/p+2. The largest absolute Gasteiger partial charge is 0.481 e. The Hall–Kier alpha value is -9.35. The average molecular weight is 1910 g/mol. The zero-order valence-electron chi connectivity index (χ0n) is 70.3. The van der Waals surface area contributed by atoms with E-state index >= 15 is 0 Å². The summed E-state index contributed by atoms with van der Waals surface area (Å²) >= 11 is 0. The molecule has 42 heteroatoms. The van der Waals surface area contributed by atoms with Gasteiger partial charge in [-0.25, -0.2) is 0 Å². The van der Waals surface area contributed by atoms with Crippen molar-refractivity contribution in [1.29, 1.82) is 0 Å². The lowest BCUT2D eigenvalue weighted by Crippen LogP contribution is -2.37. The summed E-state index contributed by atoms with van der Waals surface area (Å²) in [6.45, 7) is 13.2. The Bertz CT molecular complexity index is 6940. The number of fused-ring (bicyclic) bond motifs is 9. The van der Waals surface area contributed by atoms with Crippen LogP contribution in [0.25, 0.3) is 21.5 Å². The van der Waals surface area contributed by atoms with E-state index in [4.69, 9.17) is 0 Å². The number of nitrogens with one attached hydrogen (secondary N) is 1. The van der Waals surface area contributed by atoms with E-state index in [1.54, 1.807) is 80.3 Å². The number of carbonyl (C=O) groups excluding carboxylic acids is 2. The molecule has 7 aromatic carbocycles. The van der Waals surface area contributed by atoms with Gasteiger partial charge < -0.3 is 25.1 Å². The molecule has 0 radical (unpaired) electrons. The van der Waals surface area contributed by atoms with Crippen molar-refractivity contribution in [3.8, 4) is 0 Å². The third-order valence-electron chi connectivity index (χ3n) is 24.4. The van der Waals surface area contributed by atoms with Crippen LogP contribution < -0.4 is 15.1 Å². The van der Waals surface area contributed by atoms with Crippen molar-refractivity contribution < 1.29 is 132 Å². The van der Waals surface area contributed by atoms with E-state index in [0.29, 0.717) is 123 Å². The Kier molecular flexibility index (Phi) is 27.3. The lowest BCUT2D eigenvalue weighted by Gasteiger charge is -2.31. The molecule has 7 aromatic rings. The monoisotopic (exact) mass is 1910 g/mol. The molecule has 12 rings (SSSR count). The van der Waals surface area contributed by atoms with Gasteiger partial charge in [0.15, 0.2) is 11.4 Å². The van der Waals surface area contributed by atoms with E-state index in [-0.39, 0.29) is 123 Å². The van der Waals surface area contributed by atoms with Gasteiger partial charge in [-0.05, 0) is 215 Å². The molecular weight excluding hydrogens is 1810 g/mol. The summed E-state index contributed by atoms with van der Waals surface area (Å²) in [4.78, 5) is 41.9. The van der Waals surface area contributed by atoms with Gasteiger partial charge in [0.1, 0.15) is 18.0 Å². The molecule has 684 valence electrons. The van der Waals surface area contributed by atoms with Crippen LogP contribution >= 0.6 is 0 Å². The summed E-state index contributed by atoms with van der Waals surface area (Å²) in [5.74, 6) is -3.99. The molecule has 0 saturated heterocycles. The Morgan fingerprint density at radius 1 is 0.465 bits per heavy atom. The van der Waals surface area contributed by atoms with E-state index in [1.807, 2.05) is 66.0 Å². The molecule has 5 aliphatic rings. The van der Waals surface area contributed by atoms with Crippen LogP contribution in [0.15, 0.2) is 175 Å². The molecule has 0 aromatic heterocycles. The smallest absolute Gasteiger partial charge is 0.303 e. The number of amides is 2. The van der Waals surface area contributed by atoms with Gasteiger partial charge in [-0.2, -0.15) is 76.5 Å². The van der Waals surface area contributed by atoms with Gasteiger partial charge in [-0.15, -0.1) is 0 Å². The van der Waals surface area contributed by atoms with E-state index in [0.717, 1.165) is 23.4 Å². The van der Waals surface area contributed by atoms with Crippen LogP contribution in [-0.4, -0.2) is 202 Å². The second-order valence-corrected chi connectivity index (χ2v) is 45.9. The van der Waals surface area contributed by atoms with Crippen molar-refractivity contribution >= 4 is 154 Å². The molecule has 5 aliphatic heterocycles. The number of anilines is 2. The van der Waals surface area contributed by atoms with Crippen molar-refractivity contribution in [1.82, 2.24) is 10.2 Å². The third-order valence-corrected chi connectivity index (χ3v) is 31.2. The third kappa shape index (κ3) is 21.1. The number of hydrogen-bond donors (Lipinski definition) is 10. The minimum atomic E-state index is -5.19. The molecule has 34 nitrogen and oxygen atoms in total. The van der Waals surface area contributed by atoms with Crippen LogP contribution in [0.2, 0.25) is 0 Å². The van der Waals surface area contributed by atoms with Crippen LogP contribution in [0.1, 0.15) is 175 Å². The number of carboxylic acids is 1. The minimum absolute atomic E-state index is 0.00153. The molecule has 10 N–H and O–H groups in total. The van der Waals surface area contributed by atoms with E-state index in [1.165, 1.54) is 47.4 Å². The molecular formula is C85H100N6O28S8+2. The van der Waals surface area contributed by atoms with Gasteiger partial charge >= 0.3 is 5.97 Å². The van der Waals surface area contributed by atoms with Crippen LogP contribution in [0, 0.1) is 0 Å². The van der Waals surface area contributed by atoms with Crippen molar-refractivity contribution in [2.45, 2.75) is 191 Å². The number of unbranched alkanes of at least 4 members (excludes halogenated alkanes) is 4. The first-order valence-electron chi connectivity index (χ1n) is 40.6. The zero-order chi connectivity index (χ0) is 93.3. The number of allylic oxidation sites excluding steroid dienone is 8. The van der Waals surface area contributed by atoms with Gasteiger partial charge in [0.25, 0.3) is 86.9 Å². The number of hydrogen-bond acceptors (Lipinski definition) is 21. The van der Waals surface area contributed by atoms with Gasteiger partial charge in [0, 0.05) is 138 Å². The fourth-order valence-electron chi connectivity index (χ4n) is 18.4. The number of aliphatic carboxylic acids is 1. The molecule has 0 fully saturated rings. The van der Waals surface area contributed by atoms with E-state index in [9.17, 15) is 123 Å². The highest BCUT2D eigenvalue weighted by atomic mass is 32.2. The molecule has 0 spiro atoms. The van der Waals surface area contributed by atoms with Crippen molar-refractivity contribution in [3.63, 3.8) is 0 Å². The second kappa shape index (κ2) is 35.8. The fourth-order valence-corrected chi connectivity index (χ4v) is 23.1. The predicted octanol–water partition coefficient (Wildman–Crippen LogP) is 11.4.